The molecule has 0 radical (unpaired) electrons. The molecule has 1 saturated heterocycles. The van der Waals surface area contributed by atoms with Gasteiger partial charge in [0.2, 0.25) is 0 Å². The zero-order valence-corrected chi connectivity index (χ0v) is 11.1. The molecular weight excluding hydrogens is 218 g/mol. The number of ether oxygens (including phenoxy) is 1. The van der Waals surface area contributed by atoms with Gasteiger partial charge in [-0.05, 0) is 39.7 Å². The van der Waals surface area contributed by atoms with E-state index < -0.39 is 5.60 Å². The number of allylic oxidation sites excluding steroid dienone is 1. The molecular formula is C13H21NO3. The normalized spacial score (nSPS) is 20.2. The van der Waals surface area contributed by atoms with Crippen LogP contribution in [0.3, 0.4) is 0 Å². The van der Waals surface area contributed by atoms with Crippen LogP contribution in [-0.2, 0) is 9.53 Å². The van der Waals surface area contributed by atoms with Crippen molar-refractivity contribution in [3.63, 3.8) is 0 Å². The summed E-state index contributed by atoms with van der Waals surface area (Å²) in [6, 6.07) is 0. The lowest BCUT2D eigenvalue weighted by atomic mass is 9.99. The van der Waals surface area contributed by atoms with Gasteiger partial charge >= 0.3 is 6.09 Å². The first-order chi connectivity index (χ1) is 7.70. The Morgan fingerprint density at radius 3 is 2.41 bits per heavy atom. The van der Waals surface area contributed by atoms with E-state index in [4.69, 9.17) is 4.74 Å². The van der Waals surface area contributed by atoms with Gasteiger partial charge in [-0.25, -0.2) is 4.79 Å². The molecule has 17 heavy (non-hydrogen) atoms. The minimum atomic E-state index is -0.493. The zero-order chi connectivity index (χ0) is 13.2. The molecule has 1 aliphatic heterocycles. The molecule has 0 saturated carbocycles. The Morgan fingerprint density at radius 2 is 1.94 bits per heavy atom. The van der Waals surface area contributed by atoms with Crippen LogP contribution in [0.4, 0.5) is 4.79 Å². The highest BCUT2D eigenvalue weighted by molar-refractivity contribution is 5.96. The van der Waals surface area contributed by atoms with Crippen molar-refractivity contribution in [2.24, 2.45) is 5.92 Å². The van der Waals surface area contributed by atoms with Crippen LogP contribution in [0.2, 0.25) is 0 Å². The summed E-state index contributed by atoms with van der Waals surface area (Å²) in [6.45, 7) is 11.9. The summed E-state index contributed by atoms with van der Waals surface area (Å²) in [5.41, 5.74) is 0.0640. The molecule has 1 fully saturated rings. The Labute approximate surface area is 103 Å². The fraction of sp³-hybridized carbons (Fsp3) is 0.692. The van der Waals surface area contributed by atoms with E-state index >= 15 is 0 Å². The first kappa shape index (κ1) is 13.7. The van der Waals surface area contributed by atoms with Gasteiger partial charge in [0.05, 0.1) is 0 Å². The molecule has 1 rings (SSSR count). The van der Waals surface area contributed by atoms with Gasteiger partial charge in [0.15, 0.2) is 5.78 Å². The van der Waals surface area contributed by atoms with Gasteiger partial charge < -0.3 is 9.64 Å². The quantitative estimate of drug-likeness (QED) is 0.695. The molecule has 4 heteroatoms. The van der Waals surface area contributed by atoms with Gasteiger partial charge in [-0.15, -0.1) is 0 Å². The van der Waals surface area contributed by atoms with Crippen molar-refractivity contribution in [3.8, 4) is 0 Å². The average Bonchev–Trinajstić information content (AvgIpc) is 2.62. The standard InChI is InChI=1S/C13H21NO3/c1-9(2)11(15)10-6-7-14(8-10)12(16)17-13(3,4)5/h10H,1,6-8H2,2-5H3/t10-/m0/s1. The number of hydrogen-bond donors (Lipinski definition) is 0. The highest BCUT2D eigenvalue weighted by atomic mass is 16.6. The molecule has 0 unspecified atom stereocenters. The maximum Gasteiger partial charge on any atom is 0.410 e. The van der Waals surface area contributed by atoms with E-state index in [2.05, 4.69) is 6.58 Å². The van der Waals surface area contributed by atoms with Crippen molar-refractivity contribution < 1.29 is 14.3 Å². The lowest BCUT2D eigenvalue weighted by Crippen LogP contribution is -2.35. The Balaban J connectivity index is 2.53. The molecule has 0 aromatic heterocycles. The van der Waals surface area contributed by atoms with Crippen LogP contribution < -0.4 is 0 Å². The highest BCUT2D eigenvalue weighted by Crippen LogP contribution is 2.21. The monoisotopic (exact) mass is 239 g/mol. The summed E-state index contributed by atoms with van der Waals surface area (Å²) < 4.78 is 5.26. The van der Waals surface area contributed by atoms with Crippen LogP contribution in [0.5, 0.6) is 0 Å². The second-order valence-electron chi connectivity index (χ2n) is 5.56. The predicted molar refractivity (Wildman–Crippen MR) is 65.7 cm³/mol. The number of rotatable bonds is 2. The molecule has 4 nitrogen and oxygen atoms in total. The first-order valence-corrected chi connectivity index (χ1v) is 5.88. The SMILES string of the molecule is C=C(C)C(=O)[C@H]1CCN(C(=O)OC(C)(C)C)C1. The summed E-state index contributed by atoms with van der Waals surface area (Å²) >= 11 is 0. The highest BCUT2D eigenvalue weighted by Gasteiger charge is 2.33. The molecule has 0 bridgehead atoms. The van der Waals surface area contributed by atoms with Crippen LogP contribution in [0.25, 0.3) is 0 Å². The summed E-state index contributed by atoms with van der Waals surface area (Å²) in [7, 11) is 0. The third kappa shape index (κ3) is 3.88. The van der Waals surface area contributed by atoms with Gasteiger partial charge in [0, 0.05) is 19.0 Å². The van der Waals surface area contributed by atoms with Gasteiger partial charge in [0.1, 0.15) is 5.60 Å². The van der Waals surface area contributed by atoms with Crippen LogP contribution in [-0.4, -0.2) is 35.5 Å². The topological polar surface area (TPSA) is 46.6 Å². The van der Waals surface area contributed by atoms with E-state index in [1.807, 2.05) is 20.8 Å². The Hall–Kier alpha value is -1.32. The number of ketones is 1. The van der Waals surface area contributed by atoms with E-state index in [9.17, 15) is 9.59 Å². The first-order valence-electron chi connectivity index (χ1n) is 5.88. The van der Waals surface area contributed by atoms with Crippen molar-refractivity contribution in [2.45, 2.75) is 39.7 Å². The maximum absolute atomic E-state index is 11.8. The molecule has 1 heterocycles. The number of carbonyl (C=O) groups excluding carboxylic acids is 2. The molecule has 96 valence electrons. The number of carbonyl (C=O) groups is 2. The van der Waals surface area contributed by atoms with Gasteiger partial charge in [-0.2, -0.15) is 0 Å². The van der Waals surface area contributed by atoms with Gasteiger partial charge in [-0.3, -0.25) is 4.79 Å². The minimum Gasteiger partial charge on any atom is -0.444 e. The molecule has 0 N–H and O–H groups in total. The fourth-order valence-electron chi connectivity index (χ4n) is 1.82. The summed E-state index contributed by atoms with van der Waals surface area (Å²) in [5.74, 6) is -0.0592. The number of amides is 1. The number of Topliss-reactive ketones (excluding diaryl/α,β-unsaturated/α-hetero) is 1. The van der Waals surface area contributed by atoms with E-state index in [0.29, 0.717) is 25.1 Å². The predicted octanol–water partition coefficient (Wildman–Crippen LogP) is 2.39. The zero-order valence-electron chi connectivity index (χ0n) is 11.1. The summed E-state index contributed by atoms with van der Waals surface area (Å²) in [5, 5.41) is 0. The largest absolute Gasteiger partial charge is 0.444 e. The second kappa shape index (κ2) is 4.90. The van der Waals surface area contributed by atoms with Crippen LogP contribution >= 0.6 is 0 Å². The van der Waals surface area contributed by atoms with Crippen molar-refractivity contribution >= 4 is 11.9 Å². The van der Waals surface area contributed by atoms with E-state index in [1.54, 1.807) is 11.8 Å². The van der Waals surface area contributed by atoms with Crippen LogP contribution in [0.15, 0.2) is 12.2 Å². The molecule has 0 spiro atoms. The molecule has 1 aliphatic rings. The van der Waals surface area contributed by atoms with Gasteiger partial charge in [0.25, 0.3) is 0 Å². The van der Waals surface area contributed by atoms with Crippen molar-refractivity contribution in [1.29, 1.82) is 0 Å². The Morgan fingerprint density at radius 1 is 1.35 bits per heavy atom. The molecule has 1 amide bonds. The van der Waals surface area contributed by atoms with E-state index in [0.717, 1.165) is 0 Å². The number of hydrogen-bond acceptors (Lipinski definition) is 3. The van der Waals surface area contributed by atoms with Crippen molar-refractivity contribution in [2.75, 3.05) is 13.1 Å². The number of likely N-dealkylation sites (tertiary alicyclic amines) is 1. The Kier molecular flexibility index (Phi) is 3.96. The second-order valence-corrected chi connectivity index (χ2v) is 5.56. The molecule has 0 aliphatic carbocycles. The fourth-order valence-corrected chi connectivity index (χ4v) is 1.82. The van der Waals surface area contributed by atoms with Crippen LogP contribution in [0.1, 0.15) is 34.1 Å². The third-order valence-electron chi connectivity index (χ3n) is 2.63. The molecule has 0 aromatic rings. The summed E-state index contributed by atoms with van der Waals surface area (Å²) in [4.78, 5) is 25.1. The average molecular weight is 239 g/mol. The molecule has 0 aromatic carbocycles. The minimum absolute atomic E-state index is 0.0519. The molecule has 1 atom stereocenters. The van der Waals surface area contributed by atoms with Crippen molar-refractivity contribution in [1.82, 2.24) is 4.90 Å². The third-order valence-corrected chi connectivity index (χ3v) is 2.63. The lowest BCUT2D eigenvalue weighted by Gasteiger charge is -2.24. The van der Waals surface area contributed by atoms with E-state index in [1.165, 1.54) is 0 Å². The van der Waals surface area contributed by atoms with Gasteiger partial charge in [-0.1, -0.05) is 6.58 Å². The van der Waals surface area contributed by atoms with Crippen LogP contribution in [0, 0.1) is 5.92 Å². The van der Waals surface area contributed by atoms with Crippen molar-refractivity contribution in [3.05, 3.63) is 12.2 Å². The summed E-state index contributed by atoms with van der Waals surface area (Å²) in [6.07, 6.45) is 0.361. The Bertz CT molecular complexity index is 341. The lowest BCUT2D eigenvalue weighted by molar-refractivity contribution is -0.118. The smallest absolute Gasteiger partial charge is 0.410 e. The number of nitrogens with zero attached hydrogens (tertiary/aromatic N) is 1. The maximum atomic E-state index is 11.8. The van der Waals surface area contributed by atoms with E-state index in [-0.39, 0.29) is 17.8 Å².